The van der Waals surface area contributed by atoms with Crippen LogP contribution in [0.25, 0.3) is 0 Å². The molecule has 0 amide bonds. The highest BCUT2D eigenvalue weighted by Gasteiger charge is 2.23. The molecule has 0 aromatic rings. The van der Waals surface area contributed by atoms with Crippen LogP contribution < -0.4 is 10.5 Å². The van der Waals surface area contributed by atoms with Crippen LogP contribution in [-0.2, 0) is 10.2 Å². The van der Waals surface area contributed by atoms with Crippen molar-refractivity contribution in [2.45, 2.75) is 34.1 Å². The SMILES string of the molecule is CC(CNS(=O)(=O)N(C)CCCN)C(C)(C)C. The molecule has 0 rings (SSSR count). The normalized spacial score (nSPS) is 15.2. The quantitative estimate of drug-likeness (QED) is 0.714. The molecule has 3 N–H and O–H groups in total. The Labute approximate surface area is 106 Å². The van der Waals surface area contributed by atoms with Gasteiger partial charge in [0.05, 0.1) is 0 Å². The predicted octanol–water partition coefficient (Wildman–Crippen LogP) is 0.784. The molecule has 0 fully saturated rings. The Morgan fingerprint density at radius 3 is 2.29 bits per heavy atom. The predicted molar refractivity (Wildman–Crippen MR) is 71.8 cm³/mol. The van der Waals surface area contributed by atoms with Gasteiger partial charge < -0.3 is 5.73 Å². The van der Waals surface area contributed by atoms with Gasteiger partial charge in [-0.3, -0.25) is 0 Å². The Hall–Kier alpha value is -0.170. The number of nitrogens with two attached hydrogens (primary N) is 1. The van der Waals surface area contributed by atoms with Crippen LogP contribution in [0.3, 0.4) is 0 Å². The van der Waals surface area contributed by atoms with E-state index in [1.165, 1.54) is 4.31 Å². The van der Waals surface area contributed by atoms with E-state index < -0.39 is 10.2 Å². The van der Waals surface area contributed by atoms with Gasteiger partial charge in [-0.25, -0.2) is 4.72 Å². The standard InChI is InChI=1S/C11H27N3O2S/c1-10(11(2,3)4)9-13-17(15,16)14(5)8-6-7-12/h10,13H,6-9,12H2,1-5H3. The second kappa shape index (κ2) is 6.68. The number of nitrogens with zero attached hydrogens (tertiary/aromatic N) is 1. The van der Waals surface area contributed by atoms with E-state index in [0.29, 0.717) is 26.1 Å². The molecule has 0 aromatic carbocycles. The van der Waals surface area contributed by atoms with Gasteiger partial charge in [-0.1, -0.05) is 27.7 Å². The molecule has 0 bridgehead atoms. The van der Waals surface area contributed by atoms with E-state index >= 15 is 0 Å². The average molecular weight is 265 g/mol. The van der Waals surface area contributed by atoms with Gasteiger partial charge in [-0.2, -0.15) is 12.7 Å². The van der Waals surface area contributed by atoms with E-state index in [4.69, 9.17) is 5.73 Å². The van der Waals surface area contributed by atoms with Gasteiger partial charge >= 0.3 is 0 Å². The van der Waals surface area contributed by atoms with Crippen LogP contribution in [0, 0.1) is 11.3 Å². The Bertz CT molecular complexity index is 309. The lowest BCUT2D eigenvalue weighted by Crippen LogP contribution is -2.42. The molecule has 104 valence electrons. The zero-order valence-electron chi connectivity index (χ0n) is 11.7. The molecule has 1 atom stereocenters. The summed E-state index contributed by atoms with van der Waals surface area (Å²) in [6.45, 7) is 9.76. The van der Waals surface area contributed by atoms with Crippen molar-refractivity contribution >= 4 is 10.2 Å². The third kappa shape index (κ3) is 6.35. The van der Waals surface area contributed by atoms with Crippen LogP contribution >= 0.6 is 0 Å². The van der Waals surface area contributed by atoms with Gasteiger partial charge in [0.15, 0.2) is 0 Å². The van der Waals surface area contributed by atoms with Gasteiger partial charge in [0.25, 0.3) is 10.2 Å². The minimum atomic E-state index is -3.36. The summed E-state index contributed by atoms with van der Waals surface area (Å²) in [6.07, 6.45) is 0.673. The summed E-state index contributed by atoms with van der Waals surface area (Å²) in [5.41, 5.74) is 5.45. The zero-order chi connectivity index (χ0) is 13.7. The highest BCUT2D eigenvalue weighted by Crippen LogP contribution is 2.24. The zero-order valence-corrected chi connectivity index (χ0v) is 12.5. The summed E-state index contributed by atoms with van der Waals surface area (Å²) in [6, 6.07) is 0. The summed E-state index contributed by atoms with van der Waals surface area (Å²) >= 11 is 0. The molecule has 5 nitrogen and oxygen atoms in total. The topological polar surface area (TPSA) is 75.4 Å². The van der Waals surface area contributed by atoms with Crippen molar-refractivity contribution in [1.29, 1.82) is 0 Å². The monoisotopic (exact) mass is 265 g/mol. The second-order valence-corrected chi connectivity index (χ2v) is 7.45. The molecule has 17 heavy (non-hydrogen) atoms. The summed E-state index contributed by atoms with van der Waals surface area (Å²) in [5, 5.41) is 0. The van der Waals surface area contributed by atoms with Crippen LogP contribution in [0.15, 0.2) is 0 Å². The van der Waals surface area contributed by atoms with E-state index in [0.717, 1.165) is 0 Å². The number of hydrogen-bond donors (Lipinski definition) is 2. The summed E-state index contributed by atoms with van der Waals surface area (Å²) in [7, 11) is -1.79. The van der Waals surface area contributed by atoms with Crippen molar-refractivity contribution in [3.8, 4) is 0 Å². The third-order valence-electron chi connectivity index (χ3n) is 3.14. The molecule has 0 heterocycles. The molecular formula is C11H27N3O2S. The first kappa shape index (κ1) is 16.8. The van der Waals surface area contributed by atoms with Crippen LogP contribution in [0.1, 0.15) is 34.1 Å². The van der Waals surface area contributed by atoms with Gasteiger partial charge in [0.1, 0.15) is 0 Å². The van der Waals surface area contributed by atoms with Crippen LogP contribution in [0.5, 0.6) is 0 Å². The Morgan fingerprint density at radius 2 is 1.88 bits per heavy atom. The fourth-order valence-electron chi connectivity index (χ4n) is 1.08. The molecule has 0 aromatic heterocycles. The van der Waals surface area contributed by atoms with Crippen molar-refractivity contribution in [2.75, 3.05) is 26.7 Å². The fraction of sp³-hybridized carbons (Fsp3) is 1.00. The lowest BCUT2D eigenvalue weighted by atomic mass is 9.82. The van der Waals surface area contributed by atoms with Crippen LogP contribution in [0.2, 0.25) is 0 Å². The molecule has 0 radical (unpaired) electrons. The lowest BCUT2D eigenvalue weighted by Gasteiger charge is -2.28. The van der Waals surface area contributed by atoms with Gasteiger partial charge in [-0.05, 0) is 24.3 Å². The molecule has 0 saturated carbocycles. The van der Waals surface area contributed by atoms with E-state index in [2.05, 4.69) is 25.5 Å². The maximum absolute atomic E-state index is 11.8. The molecule has 6 heteroatoms. The molecule has 0 spiro atoms. The molecular weight excluding hydrogens is 238 g/mol. The van der Waals surface area contributed by atoms with Crippen molar-refractivity contribution in [2.24, 2.45) is 17.1 Å². The van der Waals surface area contributed by atoms with Crippen molar-refractivity contribution < 1.29 is 8.42 Å². The highest BCUT2D eigenvalue weighted by molar-refractivity contribution is 7.87. The second-order valence-electron chi connectivity index (χ2n) is 5.58. The van der Waals surface area contributed by atoms with Crippen molar-refractivity contribution in [3.05, 3.63) is 0 Å². The Balaban J connectivity index is 4.27. The van der Waals surface area contributed by atoms with E-state index in [1.807, 2.05) is 6.92 Å². The molecule has 0 aliphatic heterocycles. The number of nitrogens with one attached hydrogen (secondary N) is 1. The highest BCUT2D eigenvalue weighted by atomic mass is 32.2. The van der Waals surface area contributed by atoms with E-state index in [9.17, 15) is 8.42 Å². The maximum Gasteiger partial charge on any atom is 0.279 e. The lowest BCUT2D eigenvalue weighted by molar-refractivity contribution is 0.261. The van der Waals surface area contributed by atoms with Crippen LogP contribution in [0.4, 0.5) is 0 Å². The smallest absolute Gasteiger partial charge is 0.279 e. The number of rotatable bonds is 7. The molecule has 1 unspecified atom stereocenters. The summed E-state index contributed by atoms with van der Waals surface area (Å²) in [5.74, 6) is 0.278. The summed E-state index contributed by atoms with van der Waals surface area (Å²) in [4.78, 5) is 0. The minimum absolute atomic E-state index is 0.0956. The first-order chi connectivity index (χ1) is 7.61. The molecule has 0 aliphatic rings. The minimum Gasteiger partial charge on any atom is -0.330 e. The van der Waals surface area contributed by atoms with Gasteiger partial charge in [-0.15, -0.1) is 0 Å². The van der Waals surface area contributed by atoms with E-state index in [1.54, 1.807) is 7.05 Å². The Morgan fingerprint density at radius 1 is 1.35 bits per heavy atom. The van der Waals surface area contributed by atoms with E-state index in [-0.39, 0.29) is 11.3 Å². The first-order valence-corrected chi connectivity index (χ1v) is 7.46. The van der Waals surface area contributed by atoms with Crippen molar-refractivity contribution in [1.82, 2.24) is 9.03 Å². The van der Waals surface area contributed by atoms with Gasteiger partial charge in [0.2, 0.25) is 0 Å². The third-order valence-corrected chi connectivity index (χ3v) is 4.67. The Kier molecular flexibility index (Phi) is 6.61. The van der Waals surface area contributed by atoms with Crippen LogP contribution in [-0.4, -0.2) is 39.4 Å². The molecule has 0 saturated heterocycles. The summed E-state index contributed by atoms with van der Waals surface area (Å²) < 4.78 is 27.6. The van der Waals surface area contributed by atoms with Crippen molar-refractivity contribution in [3.63, 3.8) is 0 Å². The molecule has 0 aliphatic carbocycles. The van der Waals surface area contributed by atoms with Gasteiger partial charge in [0, 0.05) is 20.1 Å². The fourth-order valence-corrected chi connectivity index (χ4v) is 2.13. The average Bonchev–Trinajstić information content (AvgIpc) is 2.20. The largest absolute Gasteiger partial charge is 0.330 e. The maximum atomic E-state index is 11.8. The number of hydrogen-bond acceptors (Lipinski definition) is 3. The first-order valence-electron chi connectivity index (χ1n) is 6.02.